The van der Waals surface area contributed by atoms with Gasteiger partial charge in [0.1, 0.15) is 0 Å². The first-order valence-corrected chi connectivity index (χ1v) is 5.86. The normalized spacial score (nSPS) is 11.6. The Hall–Kier alpha value is 0.0900. The second-order valence-electron chi connectivity index (χ2n) is 2.08. The van der Waals surface area contributed by atoms with Crippen LogP contribution in [0.2, 0.25) is 0 Å². The van der Waals surface area contributed by atoms with Crippen LogP contribution in [0.25, 0.3) is 0 Å². The molecule has 3 nitrogen and oxygen atoms in total. The first kappa shape index (κ1) is 10.2. The summed E-state index contributed by atoms with van der Waals surface area (Å²) < 4.78 is 31.1. The topological polar surface area (TPSA) is 54.4 Å². The molecule has 0 fully saturated rings. The summed E-state index contributed by atoms with van der Waals surface area (Å²) in [7, 11) is -4.11. The monoisotopic (exact) mass is 314 g/mol. The van der Waals surface area contributed by atoms with Gasteiger partial charge in [-0.25, -0.2) is 0 Å². The zero-order valence-corrected chi connectivity index (χ0v) is 9.65. The molecule has 1 N–H and O–H groups in total. The Morgan fingerprint density at radius 2 is 1.50 bits per heavy atom. The fraction of sp³-hybridized carbons (Fsp3) is 0. The van der Waals surface area contributed by atoms with E-state index in [-0.39, 0.29) is 4.90 Å². The highest BCUT2D eigenvalue weighted by molar-refractivity contribution is 9.11. The van der Waals surface area contributed by atoms with Gasteiger partial charge < -0.3 is 0 Å². The minimum atomic E-state index is -4.11. The van der Waals surface area contributed by atoms with Crippen LogP contribution in [-0.4, -0.2) is 13.0 Å². The van der Waals surface area contributed by atoms with E-state index in [0.29, 0.717) is 8.95 Å². The highest BCUT2D eigenvalue weighted by Crippen LogP contribution is 2.22. The summed E-state index contributed by atoms with van der Waals surface area (Å²) in [6.07, 6.45) is 0. The van der Waals surface area contributed by atoms with Gasteiger partial charge in [0, 0.05) is 8.95 Å². The molecule has 66 valence electrons. The Kier molecular flexibility index (Phi) is 2.92. The summed E-state index contributed by atoms with van der Waals surface area (Å²) in [4.78, 5) is -0.135. The van der Waals surface area contributed by atoms with Gasteiger partial charge in [-0.15, -0.1) is 0 Å². The van der Waals surface area contributed by atoms with Crippen LogP contribution in [0.4, 0.5) is 0 Å². The van der Waals surface area contributed by atoms with E-state index in [2.05, 4.69) is 31.9 Å². The minimum Gasteiger partial charge on any atom is -0.282 e. The number of halogens is 2. The van der Waals surface area contributed by atoms with E-state index in [1.165, 1.54) is 12.1 Å². The molecule has 0 aliphatic heterocycles. The Balaban J connectivity index is 3.37. The first-order valence-electron chi connectivity index (χ1n) is 2.83. The highest BCUT2D eigenvalue weighted by atomic mass is 79.9. The maximum Gasteiger partial charge on any atom is 0.294 e. The predicted octanol–water partition coefficient (Wildman–Crippen LogP) is 2.46. The van der Waals surface area contributed by atoms with Crippen LogP contribution in [0.3, 0.4) is 0 Å². The van der Waals surface area contributed by atoms with Crippen LogP contribution in [-0.2, 0) is 10.1 Å². The zero-order chi connectivity index (χ0) is 9.35. The number of rotatable bonds is 1. The Morgan fingerprint density at radius 3 is 1.83 bits per heavy atom. The maximum atomic E-state index is 10.7. The molecule has 6 heteroatoms. The summed E-state index contributed by atoms with van der Waals surface area (Å²) in [6, 6.07) is 4.31. The van der Waals surface area contributed by atoms with Crippen molar-refractivity contribution < 1.29 is 13.0 Å². The molecular weight excluding hydrogens is 312 g/mol. The SMILES string of the molecule is O=S(=O)(O)c1cc(Br)cc(Br)c1. The van der Waals surface area contributed by atoms with E-state index in [1.54, 1.807) is 6.07 Å². The largest absolute Gasteiger partial charge is 0.294 e. The first-order chi connectivity index (χ1) is 5.39. The highest BCUT2D eigenvalue weighted by Gasteiger charge is 2.10. The van der Waals surface area contributed by atoms with Gasteiger partial charge >= 0.3 is 0 Å². The standard InChI is InChI=1S/C6H4Br2O3S/c7-4-1-5(8)3-6(2-4)12(9,10)11/h1-3H,(H,9,10,11). The molecule has 0 spiro atoms. The third-order valence-electron chi connectivity index (χ3n) is 1.13. The Labute approximate surface area is 86.8 Å². The lowest BCUT2D eigenvalue weighted by molar-refractivity contribution is 0.483. The molecule has 0 aromatic heterocycles. The quantitative estimate of drug-likeness (QED) is 0.810. The minimum absolute atomic E-state index is 0.135. The van der Waals surface area contributed by atoms with E-state index >= 15 is 0 Å². The molecule has 0 aliphatic rings. The number of benzene rings is 1. The summed E-state index contributed by atoms with van der Waals surface area (Å²) >= 11 is 6.20. The van der Waals surface area contributed by atoms with Crippen molar-refractivity contribution >= 4 is 42.0 Å². The van der Waals surface area contributed by atoms with Crippen molar-refractivity contribution in [2.45, 2.75) is 4.90 Å². The van der Waals surface area contributed by atoms with E-state index in [4.69, 9.17) is 4.55 Å². The van der Waals surface area contributed by atoms with Crippen molar-refractivity contribution in [3.05, 3.63) is 27.1 Å². The lowest BCUT2D eigenvalue weighted by Gasteiger charge is -1.98. The number of hydrogen-bond acceptors (Lipinski definition) is 2. The zero-order valence-electron chi connectivity index (χ0n) is 5.66. The van der Waals surface area contributed by atoms with Gasteiger partial charge in [0.2, 0.25) is 0 Å². The van der Waals surface area contributed by atoms with Crippen LogP contribution in [0.15, 0.2) is 32.0 Å². The molecule has 0 atom stereocenters. The molecule has 0 bridgehead atoms. The smallest absolute Gasteiger partial charge is 0.282 e. The molecule has 0 saturated heterocycles. The third-order valence-corrected chi connectivity index (χ3v) is 2.88. The molecule has 0 unspecified atom stereocenters. The summed E-state index contributed by atoms with van der Waals surface area (Å²) in [6.45, 7) is 0. The van der Waals surface area contributed by atoms with Gasteiger partial charge in [-0.2, -0.15) is 8.42 Å². The fourth-order valence-corrected chi connectivity index (χ4v) is 2.83. The molecule has 1 rings (SSSR count). The molecule has 0 saturated carbocycles. The average Bonchev–Trinajstić information content (AvgIpc) is 1.82. The van der Waals surface area contributed by atoms with Gasteiger partial charge in [0.25, 0.3) is 10.1 Å². The second kappa shape index (κ2) is 3.45. The van der Waals surface area contributed by atoms with Crippen molar-refractivity contribution in [3.63, 3.8) is 0 Å². The maximum absolute atomic E-state index is 10.7. The lowest BCUT2D eigenvalue weighted by Crippen LogP contribution is -1.97. The van der Waals surface area contributed by atoms with E-state index < -0.39 is 10.1 Å². The van der Waals surface area contributed by atoms with Gasteiger partial charge in [0.05, 0.1) is 4.90 Å². The van der Waals surface area contributed by atoms with Crippen LogP contribution in [0, 0.1) is 0 Å². The van der Waals surface area contributed by atoms with Crippen LogP contribution < -0.4 is 0 Å². The van der Waals surface area contributed by atoms with E-state index in [1.807, 2.05) is 0 Å². The van der Waals surface area contributed by atoms with Crippen molar-refractivity contribution in [1.82, 2.24) is 0 Å². The summed E-state index contributed by atoms with van der Waals surface area (Å²) in [5, 5.41) is 0. The molecule has 0 heterocycles. The molecule has 0 amide bonds. The summed E-state index contributed by atoms with van der Waals surface area (Å²) in [5.74, 6) is 0. The van der Waals surface area contributed by atoms with E-state index in [0.717, 1.165) is 0 Å². The average molecular weight is 316 g/mol. The third kappa shape index (κ3) is 2.55. The Morgan fingerprint density at radius 1 is 1.08 bits per heavy atom. The molecule has 0 radical (unpaired) electrons. The van der Waals surface area contributed by atoms with Gasteiger partial charge in [-0.1, -0.05) is 31.9 Å². The summed E-state index contributed by atoms with van der Waals surface area (Å²) in [5.41, 5.74) is 0. The van der Waals surface area contributed by atoms with Gasteiger partial charge in [0.15, 0.2) is 0 Å². The second-order valence-corrected chi connectivity index (χ2v) is 5.33. The van der Waals surface area contributed by atoms with E-state index in [9.17, 15) is 8.42 Å². The van der Waals surface area contributed by atoms with Gasteiger partial charge in [-0.3, -0.25) is 4.55 Å². The number of hydrogen-bond donors (Lipinski definition) is 1. The van der Waals surface area contributed by atoms with Crippen molar-refractivity contribution in [2.75, 3.05) is 0 Å². The van der Waals surface area contributed by atoms with Crippen molar-refractivity contribution in [3.8, 4) is 0 Å². The fourth-order valence-electron chi connectivity index (χ4n) is 0.677. The van der Waals surface area contributed by atoms with Gasteiger partial charge in [-0.05, 0) is 18.2 Å². The lowest BCUT2D eigenvalue weighted by atomic mass is 10.4. The van der Waals surface area contributed by atoms with Crippen LogP contribution >= 0.6 is 31.9 Å². The molecule has 1 aromatic carbocycles. The molecule has 12 heavy (non-hydrogen) atoms. The van der Waals surface area contributed by atoms with Crippen molar-refractivity contribution in [1.29, 1.82) is 0 Å². The molecule has 1 aromatic rings. The van der Waals surface area contributed by atoms with Crippen molar-refractivity contribution in [2.24, 2.45) is 0 Å². The Bertz CT molecular complexity index is 379. The molecule has 0 aliphatic carbocycles. The van der Waals surface area contributed by atoms with Crippen LogP contribution in [0.1, 0.15) is 0 Å². The predicted molar refractivity (Wildman–Crippen MR) is 51.7 cm³/mol. The molecular formula is C6H4Br2O3S. The van der Waals surface area contributed by atoms with Crippen LogP contribution in [0.5, 0.6) is 0 Å².